The average molecular weight is 440 g/mol. The summed E-state index contributed by atoms with van der Waals surface area (Å²) in [7, 11) is 0. The molecule has 0 radical (unpaired) electrons. The van der Waals surface area contributed by atoms with E-state index in [-0.39, 0.29) is 28.7 Å². The maximum Gasteiger partial charge on any atom is 0.417 e. The summed E-state index contributed by atoms with van der Waals surface area (Å²) in [4.78, 5) is 6.98. The molecule has 1 aromatic heterocycles. The van der Waals surface area contributed by atoms with Gasteiger partial charge in [-0.25, -0.2) is 13.2 Å². The van der Waals surface area contributed by atoms with Crippen LogP contribution >= 0.6 is 11.6 Å². The van der Waals surface area contributed by atoms with Crippen molar-refractivity contribution in [1.29, 1.82) is 0 Å². The molecule has 0 aliphatic carbocycles. The number of ether oxygens (including phenoxy) is 1. The summed E-state index contributed by atoms with van der Waals surface area (Å²) in [5.74, 6) is -0.968. The minimum Gasteiger partial charge on any atom is -0.699 e. The Balaban J connectivity index is 0.000000234. The van der Waals surface area contributed by atoms with E-state index in [1.165, 1.54) is 6.07 Å². The van der Waals surface area contributed by atoms with E-state index in [1.54, 1.807) is 0 Å². The SMILES string of the molecule is FC(F)(F)c1cncc(Cl)c1.[NH-]c1ccc(F)c(C2(C(F)F)COCC(N)=N2)c1. The molecule has 158 valence electrons. The van der Waals surface area contributed by atoms with E-state index in [4.69, 9.17) is 27.8 Å². The monoisotopic (exact) mass is 439 g/mol. The third-order valence-electron chi connectivity index (χ3n) is 3.74. The minimum atomic E-state index is -4.36. The Morgan fingerprint density at radius 2 is 1.90 bits per heavy atom. The molecule has 0 saturated heterocycles. The molecule has 0 spiro atoms. The second kappa shape index (κ2) is 8.87. The van der Waals surface area contributed by atoms with Crippen LogP contribution < -0.4 is 5.73 Å². The van der Waals surface area contributed by atoms with Crippen molar-refractivity contribution in [2.45, 2.75) is 18.1 Å². The number of nitrogens with two attached hydrogens (primary N) is 1. The number of nitrogens with zero attached hydrogens (tertiary/aromatic N) is 2. The van der Waals surface area contributed by atoms with Crippen molar-refractivity contribution in [1.82, 2.24) is 4.98 Å². The second-order valence-corrected chi connectivity index (χ2v) is 6.34. The van der Waals surface area contributed by atoms with E-state index < -0.39 is 36.1 Å². The fraction of sp³-hybridized carbons (Fsp3) is 0.294. The fourth-order valence-electron chi connectivity index (χ4n) is 2.42. The van der Waals surface area contributed by atoms with Crippen molar-refractivity contribution < 1.29 is 31.1 Å². The van der Waals surface area contributed by atoms with Crippen LogP contribution in [0.4, 0.5) is 32.0 Å². The fourth-order valence-corrected chi connectivity index (χ4v) is 2.60. The van der Waals surface area contributed by atoms with E-state index in [9.17, 15) is 26.3 Å². The Kier molecular flexibility index (Phi) is 6.96. The topological polar surface area (TPSA) is 84.3 Å². The van der Waals surface area contributed by atoms with Crippen LogP contribution in [-0.4, -0.2) is 30.5 Å². The number of aromatic nitrogens is 1. The molecule has 29 heavy (non-hydrogen) atoms. The summed E-state index contributed by atoms with van der Waals surface area (Å²) >= 11 is 5.29. The molecule has 5 nitrogen and oxygen atoms in total. The number of aliphatic imine (C=N–C) groups is 1. The maximum absolute atomic E-state index is 13.7. The van der Waals surface area contributed by atoms with Crippen LogP contribution in [0, 0.1) is 5.82 Å². The number of hydrogen-bond acceptors (Lipinski definition) is 4. The molecule has 3 N–H and O–H groups in total. The van der Waals surface area contributed by atoms with Gasteiger partial charge in [0.25, 0.3) is 6.43 Å². The molecule has 0 fully saturated rings. The van der Waals surface area contributed by atoms with Gasteiger partial charge < -0.3 is 16.2 Å². The zero-order valence-electron chi connectivity index (χ0n) is 14.5. The zero-order valence-corrected chi connectivity index (χ0v) is 15.2. The van der Waals surface area contributed by atoms with Crippen LogP contribution in [-0.2, 0) is 16.5 Å². The highest BCUT2D eigenvalue weighted by Gasteiger charge is 2.46. The molecule has 0 amide bonds. The molecule has 3 rings (SSSR count). The number of pyridine rings is 1. The lowest BCUT2D eigenvalue weighted by atomic mass is 9.90. The van der Waals surface area contributed by atoms with E-state index in [1.807, 2.05) is 0 Å². The summed E-state index contributed by atoms with van der Waals surface area (Å²) in [6.07, 6.45) is -5.46. The molecule has 1 aliphatic heterocycles. The molecule has 0 saturated carbocycles. The van der Waals surface area contributed by atoms with Gasteiger partial charge in [0.15, 0.2) is 5.54 Å². The summed E-state index contributed by atoms with van der Waals surface area (Å²) in [5.41, 5.74) is 9.36. The quantitative estimate of drug-likeness (QED) is 0.660. The molecule has 2 aromatic rings. The highest BCUT2D eigenvalue weighted by atomic mass is 35.5. The second-order valence-electron chi connectivity index (χ2n) is 5.91. The van der Waals surface area contributed by atoms with E-state index in [0.29, 0.717) is 0 Å². The van der Waals surface area contributed by atoms with E-state index in [2.05, 4.69) is 9.98 Å². The van der Waals surface area contributed by atoms with Crippen molar-refractivity contribution in [2.75, 3.05) is 13.2 Å². The van der Waals surface area contributed by atoms with Crippen LogP contribution in [0.15, 0.2) is 41.7 Å². The molecular formula is C17H14ClF6N4O-. The Morgan fingerprint density at radius 1 is 1.21 bits per heavy atom. The van der Waals surface area contributed by atoms with Crippen molar-refractivity contribution in [3.05, 3.63) is 64.4 Å². The van der Waals surface area contributed by atoms with E-state index >= 15 is 0 Å². The lowest BCUT2D eigenvalue weighted by Crippen LogP contribution is -2.45. The minimum absolute atomic E-state index is 0.0141. The summed E-state index contributed by atoms with van der Waals surface area (Å²) in [6.45, 7) is -0.525. The van der Waals surface area contributed by atoms with Gasteiger partial charge in [-0.3, -0.25) is 9.98 Å². The molecule has 0 bridgehead atoms. The number of benzene rings is 1. The molecule has 2 heterocycles. The van der Waals surface area contributed by atoms with Crippen LogP contribution in [0.1, 0.15) is 11.1 Å². The Labute approximate surface area is 166 Å². The van der Waals surface area contributed by atoms with Crippen LogP contribution in [0.5, 0.6) is 0 Å². The third-order valence-corrected chi connectivity index (χ3v) is 3.95. The number of rotatable bonds is 2. The number of nitrogens with one attached hydrogen (secondary N) is 1. The predicted molar refractivity (Wildman–Crippen MR) is 94.8 cm³/mol. The van der Waals surface area contributed by atoms with Gasteiger partial charge >= 0.3 is 6.18 Å². The first kappa shape index (κ1) is 22.8. The third kappa shape index (κ3) is 5.51. The van der Waals surface area contributed by atoms with Gasteiger partial charge in [-0.15, -0.1) is 5.69 Å². The lowest BCUT2D eigenvalue weighted by Gasteiger charge is -2.33. The van der Waals surface area contributed by atoms with Gasteiger partial charge in [-0.05, 0) is 12.1 Å². The summed E-state index contributed by atoms with van der Waals surface area (Å²) < 4.78 is 80.8. The van der Waals surface area contributed by atoms with Crippen molar-refractivity contribution in [3.8, 4) is 0 Å². The van der Waals surface area contributed by atoms with Gasteiger partial charge in [0, 0.05) is 18.0 Å². The standard InChI is InChI=1S/C11H11F3N3O.C6H3ClF3N/c12-8-2-1-6(15)3-7(8)11(10(13)14)5-18-4-9(16)17-11;7-5-1-4(2-11-3-5)6(8,9)10/h1-3,10,15H,4-5H2,(H2,16,17);1-3H/q-1;. The smallest absolute Gasteiger partial charge is 0.417 e. The Bertz CT molecular complexity index is 892. The van der Waals surface area contributed by atoms with Crippen LogP contribution in [0.2, 0.25) is 5.02 Å². The molecule has 12 heteroatoms. The lowest BCUT2D eigenvalue weighted by molar-refractivity contribution is -0.137. The molecular weight excluding hydrogens is 426 g/mol. The van der Waals surface area contributed by atoms with Gasteiger partial charge in [0.1, 0.15) is 18.3 Å². The number of amidine groups is 1. The highest BCUT2D eigenvalue weighted by molar-refractivity contribution is 6.30. The van der Waals surface area contributed by atoms with Gasteiger partial charge in [-0.2, -0.15) is 13.2 Å². The number of alkyl halides is 5. The molecule has 1 aliphatic rings. The first-order valence-electron chi connectivity index (χ1n) is 7.85. The first-order valence-corrected chi connectivity index (χ1v) is 8.23. The molecule has 1 aromatic carbocycles. The predicted octanol–water partition coefficient (Wildman–Crippen LogP) is 5.11. The first-order chi connectivity index (χ1) is 13.5. The van der Waals surface area contributed by atoms with Crippen LogP contribution in [0.3, 0.4) is 0 Å². The van der Waals surface area contributed by atoms with Gasteiger partial charge in [-0.1, -0.05) is 23.7 Å². The average Bonchev–Trinajstić information content (AvgIpc) is 2.63. The molecule has 1 atom stereocenters. The van der Waals surface area contributed by atoms with Crippen molar-refractivity contribution in [2.24, 2.45) is 10.7 Å². The summed E-state index contributed by atoms with van der Waals surface area (Å²) in [6, 6.07) is 3.98. The van der Waals surface area contributed by atoms with Crippen LogP contribution in [0.25, 0.3) is 5.73 Å². The van der Waals surface area contributed by atoms with Gasteiger partial charge in [0.05, 0.1) is 17.2 Å². The van der Waals surface area contributed by atoms with E-state index in [0.717, 1.165) is 30.6 Å². The normalized spacial score (nSPS) is 19.4. The Morgan fingerprint density at radius 3 is 2.41 bits per heavy atom. The zero-order chi connectivity index (χ0) is 21.8. The van der Waals surface area contributed by atoms with Crippen molar-refractivity contribution in [3.63, 3.8) is 0 Å². The maximum atomic E-state index is 13.7. The number of hydrogen-bond donors (Lipinski definition) is 1. The highest BCUT2D eigenvalue weighted by Crippen LogP contribution is 2.38. The number of halogens is 7. The molecule has 1 unspecified atom stereocenters. The largest absolute Gasteiger partial charge is 0.699 e. The van der Waals surface area contributed by atoms with Crippen molar-refractivity contribution >= 4 is 23.1 Å². The van der Waals surface area contributed by atoms with Gasteiger partial charge in [0.2, 0.25) is 0 Å². The summed E-state index contributed by atoms with van der Waals surface area (Å²) in [5, 5.41) is -0.0141. The Hall–Kier alpha value is -2.53.